The Kier molecular flexibility index (Phi) is 8.53. The highest BCUT2D eigenvalue weighted by molar-refractivity contribution is 6.30. The number of carbonyl (C=O) groups is 2. The minimum atomic E-state index is -1.43. The monoisotopic (exact) mass is 444 g/mol. The van der Waals surface area contributed by atoms with E-state index >= 15 is 0 Å². The molecule has 0 radical (unpaired) electrons. The molecule has 0 saturated heterocycles. The van der Waals surface area contributed by atoms with E-state index in [9.17, 15) is 25.0 Å². The Hall–Kier alpha value is -3.44. The first-order chi connectivity index (χ1) is 14.8. The van der Waals surface area contributed by atoms with Crippen molar-refractivity contribution in [2.75, 3.05) is 13.2 Å². The number of nitro benzene ring substituents is 1. The lowest BCUT2D eigenvalue weighted by Gasteiger charge is -2.28. The summed E-state index contributed by atoms with van der Waals surface area (Å²) in [5, 5.41) is 21.3. The summed E-state index contributed by atoms with van der Waals surface area (Å²) in [5.74, 6) is -5.10. The molecule has 0 aliphatic rings. The van der Waals surface area contributed by atoms with Gasteiger partial charge in [0.2, 0.25) is 0 Å². The molecule has 0 unspecified atom stereocenters. The third-order valence-electron chi connectivity index (χ3n) is 4.63. The normalized spacial score (nSPS) is 12.5. The van der Waals surface area contributed by atoms with Crippen LogP contribution in [0.15, 0.2) is 48.5 Å². The minimum Gasteiger partial charge on any atom is -0.465 e. The van der Waals surface area contributed by atoms with Crippen LogP contribution in [-0.2, 0) is 19.1 Å². The van der Waals surface area contributed by atoms with Crippen LogP contribution in [0.3, 0.4) is 0 Å². The molecule has 0 N–H and O–H groups in total. The topological polar surface area (TPSA) is 120 Å². The summed E-state index contributed by atoms with van der Waals surface area (Å²) in [6.07, 6.45) is 0. The van der Waals surface area contributed by atoms with E-state index in [0.717, 1.165) is 0 Å². The van der Waals surface area contributed by atoms with E-state index in [-0.39, 0.29) is 18.9 Å². The van der Waals surface area contributed by atoms with Crippen LogP contribution in [0.4, 0.5) is 5.69 Å². The smallest absolute Gasteiger partial charge is 0.321 e. The van der Waals surface area contributed by atoms with Crippen LogP contribution in [-0.4, -0.2) is 30.1 Å². The van der Waals surface area contributed by atoms with Crippen LogP contribution in [0.1, 0.15) is 36.8 Å². The maximum Gasteiger partial charge on any atom is 0.321 e. The van der Waals surface area contributed by atoms with Gasteiger partial charge in [-0.05, 0) is 37.1 Å². The summed E-state index contributed by atoms with van der Waals surface area (Å²) in [6.45, 7) is 3.27. The van der Waals surface area contributed by atoms with Gasteiger partial charge in [0.25, 0.3) is 5.69 Å². The summed E-state index contributed by atoms with van der Waals surface area (Å²) in [7, 11) is 0. The highest BCUT2D eigenvalue weighted by Gasteiger charge is 2.43. The van der Waals surface area contributed by atoms with Gasteiger partial charge in [-0.2, -0.15) is 5.26 Å². The van der Waals surface area contributed by atoms with Crippen LogP contribution in [0.25, 0.3) is 0 Å². The standard InChI is InChI=1S/C22H21ClN2O6/c1-3-30-21(26)20(22(27)31-4-2)19(15-6-5-7-16(23)12-15)18(13-24)14-8-10-17(11-9-14)25(28)29/h5-12,18-20H,3-4H2,1-2H3/t18-,19+/m0/s1. The van der Waals surface area contributed by atoms with Crippen molar-refractivity contribution in [2.45, 2.75) is 25.7 Å². The van der Waals surface area contributed by atoms with Gasteiger partial charge in [0.1, 0.15) is 0 Å². The lowest BCUT2D eigenvalue weighted by molar-refractivity contribution is -0.384. The SMILES string of the molecule is CCOC(=O)C(C(=O)OCC)[C@H](c1cccc(Cl)c1)[C@@H](C#N)c1ccc([N+](=O)[O-])cc1. The molecule has 2 rings (SSSR count). The van der Waals surface area contributed by atoms with Crippen molar-refractivity contribution in [2.24, 2.45) is 5.92 Å². The number of hydrogen-bond donors (Lipinski definition) is 0. The predicted octanol–water partition coefficient (Wildman–Crippen LogP) is 4.38. The Morgan fingerprint density at radius 1 is 1.06 bits per heavy atom. The van der Waals surface area contributed by atoms with Crippen LogP contribution >= 0.6 is 11.6 Å². The van der Waals surface area contributed by atoms with Gasteiger partial charge in [0.15, 0.2) is 5.92 Å². The van der Waals surface area contributed by atoms with Gasteiger partial charge in [0, 0.05) is 23.1 Å². The van der Waals surface area contributed by atoms with Crippen molar-refractivity contribution < 1.29 is 24.0 Å². The van der Waals surface area contributed by atoms with Crippen molar-refractivity contribution in [3.05, 3.63) is 74.8 Å². The zero-order valence-corrected chi connectivity index (χ0v) is 17.7. The number of nitro groups is 1. The van der Waals surface area contributed by atoms with Crippen molar-refractivity contribution in [1.82, 2.24) is 0 Å². The molecular formula is C22H21ClN2O6. The van der Waals surface area contributed by atoms with Crippen LogP contribution in [0, 0.1) is 27.4 Å². The van der Waals surface area contributed by atoms with Gasteiger partial charge in [-0.3, -0.25) is 19.7 Å². The number of benzene rings is 2. The second-order valence-corrected chi connectivity index (χ2v) is 6.95. The molecule has 0 fully saturated rings. The van der Waals surface area contributed by atoms with Crippen molar-refractivity contribution >= 4 is 29.2 Å². The molecule has 2 atom stereocenters. The molecule has 0 aliphatic carbocycles. The van der Waals surface area contributed by atoms with Crippen molar-refractivity contribution in [3.8, 4) is 6.07 Å². The highest BCUT2D eigenvalue weighted by atomic mass is 35.5. The number of esters is 2. The molecule has 0 heterocycles. The number of carbonyl (C=O) groups excluding carboxylic acids is 2. The second kappa shape index (κ2) is 11.1. The van der Waals surface area contributed by atoms with E-state index < -0.39 is 34.6 Å². The summed E-state index contributed by atoms with van der Waals surface area (Å²) in [5.41, 5.74) is 0.715. The van der Waals surface area contributed by atoms with Gasteiger partial charge in [-0.25, -0.2) is 0 Å². The first-order valence-corrected chi connectivity index (χ1v) is 9.94. The summed E-state index contributed by atoms with van der Waals surface area (Å²) in [6, 6.07) is 14.0. The zero-order chi connectivity index (χ0) is 23.0. The summed E-state index contributed by atoms with van der Waals surface area (Å²) < 4.78 is 10.2. The number of halogens is 1. The van der Waals surface area contributed by atoms with Crippen molar-refractivity contribution in [1.29, 1.82) is 5.26 Å². The van der Waals surface area contributed by atoms with Gasteiger partial charge < -0.3 is 9.47 Å². The Bertz CT molecular complexity index is 968. The quantitative estimate of drug-likeness (QED) is 0.243. The lowest BCUT2D eigenvalue weighted by Crippen LogP contribution is -2.36. The number of hydrogen-bond acceptors (Lipinski definition) is 7. The molecule has 0 amide bonds. The maximum atomic E-state index is 12.8. The van der Waals surface area contributed by atoms with Gasteiger partial charge in [0.05, 0.1) is 30.1 Å². The molecule has 0 aromatic heterocycles. The second-order valence-electron chi connectivity index (χ2n) is 6.52. The molecule has 0 bridgehead atoms. The number of ether oxygens (including phenoxy) is 2. The minimum absolute atomic E-state index is 0.0335. The number of non-ortho nitro benzene ring substituents is 1. The van der Waals surface area contributed by atoms with Gasteiger partial charge >= 0.3 is 11.9 Å². The van der Waals surface area contributed by atoms with E-state index in [4.69, 9.17) is 21.1 Å². The summed E-state index contributed by atoms with van der Waals surface area (Å²) in [4.78, 5) is 36.0. The third kappa shape index (κ3) is 5.80. The Balaban J connectivity index is 2.66. The molecule has 162 valence electrons. The van der Waals surface area contributed by atoms with Gasteiger partial charge in [-0.15, -0.1) is 0 Å². The molecule has 2 aromatic carbocycles. The number of nitrogens with zero attached hydrogens (tertiary/aromatic N) is 2. The van der Waals surface area contributed by atoms with Gasteiger partial charge in [-0.1, -0.05) is 35.9 Å². The Morgan fingerprint density at radius 3 is 2.10 bits per heavy atom. The van der Waals surface area contributed by atoms with E-state index in [1.54, 1.807) is 38.1 Å². The fourth-order valence-electron chi connectivity index (χ4n) is 3.31. The van der Waals surface area contributed by atoms with Crippen molar-refractivity contribution in [3.63, 3.8) is 0 Å². The largest absolute Gasteiger partial charge is 0.465 e. The molecule has 2 aromatic rings. The molecule has 0 saturated carbocycles. The fourth-order valence-corrected chi connectivity index (χ4v) is 3.51. The Labute approximate surface area is 184 Å². The highest BCUT2D eigenvalue weighted by Crippen LogP contribution is 2.41. The van der Waals surface area contributed by atoms with E-state index in [0.29, 0.717) is 16.1 Å². The first kappa shape index (κ1) is 23.8. The Morgan fingerprint density at radius 2 is 1.65 bits per heavy atom. The average Bonchev–Trinajstić information content (AvgIpc) is 2.74. The molecule has 9 heteroatoms. The predicted molar refractivity (Wildman–Crippen MR) is 112 cm³/mol. The average molecular weight is 445 g/mol. The van der Waals surface area contributed by atoms with E-state index in [1.165, 1.54) is 24.3 Å². The van der Waals surface area contributed by atoms with Crippen LogP contribution in [0.5, 0.6) is 0 Å². The lowest BCUT2D eigenvalue weighted by atomic mass is 9.74. The van der Waals surface area contributed by atoms with Crippen LogP contribution < -0.4 is 0 Å². The third-order valence-corrected chi connectivity index (χ3v) is 4.87. The number of nitriles is 1. The van der Waals surface area contributed by atoms with E-state index in [2.05, 4.69) is 6.07 Å². The molecular weight excluding hydrogens is 424 g/mol. The van der Waals surface area contributed by atoms with Crippen LogP contribution in [0.2, 0.25) is 5.02 Å². The fraction of sp³-hybridized carbons (Fsp3) is 0.318. The number of rotatable bonds is 9. The maximum absolute atomic E-state index is 12.8. The molecule has 8 nitrogen and oxygen atoms in total. The first-order valence-electron chi connectivity index (χ1n) is 9.56. The van der Waals surface area contributed by atoms with E-state index in [1.807, 2.05) is 0 Å². The molecule has 31 heavy (non-hydrogen) atoms. The molecule has 0 spiro atoms. The molecule has 0 aliphatic heterocycles. The summed E-state index contributed by atoms with van der Waals surface area (Å²) >= 11 is 6.13. The zero-order valence-electron chi connectivity index (χ0n) is 17.0.